The average Bonchev–Trinajstić information content (AvgIpc) is 2.79. The molecule has 1 aromatic rings. The SMILES string of the molecule is CSCCCCCCNS(=O)(=O)c1c(C)csc1CN. The number of rotatable bonds is 10. The summed E-state index contributed by atoms with van der Waals surface area (Å²) in [6.45, 7) is 2.58. The Labute approximate surface area is 130 Å². The number of thiophene rings is 1. The van der Waals surface area contributed by atoms with Crippen LogP contribution in [0.4, 0.5) is 0 Å². The molecule has 0 saturated heterocycles. The normalized spacial score (nSPS) is 11.9. The standard InChI is InChI=1S/C13H24N2O2S3/c1-11-10-19-12(9-14)13(11)20(16,17)15-7-5-3-4-6-8-18-2/h10,15H,3-9,14H2,1-2H3. The molecule has 0 aromatic carbocycles. The highest BCUT2D eigenvalue weighted by molar-refractivity contribution is 7.98. The summed E-state index contributed by atoms with van der Waals surface area (Å²) in [5.74, 6) is 1.18. The van der Waals surface area contributed by atoms with Gasteiger partial charge in [0.05, 0.1) is 0 Å². The topological polar surface area (TPSA) is 72.2 Å². The summed E-state index contributed by atoms with van der Waals surface area (Å²) in [6.07, 6.45) is 6.42. The lowest BCUT2D eigenvalue weighted by Crippen LogP contribution is -2.26. The highest BCUT2D eigenvalue weighted by atomic mass is 32.2. The molecule has 0 spiro atoms. The zero-order valence-corrected chi connectivity index (χ0v) is 14.6. The van der Waals surface area contributed by atoms with Crippen molar-refractivity contribution in [2.24, 2.45) is 5.73 Å². The predicted molar refractivity (Wildman–Crippen MR) is 89.0 cm³/mol. The summed E-state index contributed by atoms with van der Waals surface area (Å²) >= 11 is 3.26. The molecular formula is C13H24N2O2S3. The Balaban J connectivity index is 2.44. The molecule has 0 aliphatic carbocycles. The molecule has 0 fully saturated rings. The van der Waals surface area contributed by atoms with Crippen molar-refractivity contribution < 1.29 is 8.42 Å². The van der Waals surface area contributed by atoms with Gasteiger partial charge in [0.2, 0.25) is 10.0 Å². The fourth-order valence-electron chi connectivity index (χ4n) is 1.99. The van der Waals surface area contributed by atoms with Crippen LogP contribution in [0.1, 0.15) is 36.1 Å². The third kappa shape index (κ3) is 5.37. The third-order valence-corrected chi connectivity index (χ3v) is 6.65. The van der Waals surface area contributed by atoms with E-state index >= 15 is 0 Å². The van der Waals surface area contributed by atoms with Gasteiger partial charge in [-0.25, -0.2) is 13.1 Å². The molecule has 0 aliphatic rings. The van der Waals surface area contributed by atoms with Crippen molar-refractivity contribution in [3.8, 4) is 0 Å². The lowest BCUT2D eigenvalue weighted by Gasteiger charge is -2.08. The molecule has 0 bridgehead atoms. The molecule has 7 heteroatoms. The van der Waals surface area contributed by atoms with E-state index < -0.39 is 10.0 Å². The van der Waals surface area contributed by atoms with Gasteiger partial charge in [-0.3, -0.25) is 0 Å². The average molecular weight is 337 g/mol. The van der Waals surface area contributed by atoms with Crippen molar-refractivity contribution in [3.63, 3.8) is 0 Å². The molecule has 4 nitrogen and oxygen atoms in total. The zero-order valence-electron chi connectivity index (χ0n) is 12.1. The van der Waals surface area contributed by atoms with Crippen molar-refractivity contribution in [1.29, 1.82) is 0 Å². The maximum atomic E-state index is 12.3. The van der Waals surface area contributed by atoms with Crippen LogP contribution in [0.2, 0.25) is 0 Å². The van der Waals surface area contributed by atoms with Crippen LogP contribution in [0.15, 0.2) is 10.3 Å². The Hall–Kier alpha value is -0.0800. The third-order valence-electron chi connectivity index (χ3n) is 3.01. The van der Waals surface area contributed by atoms with Crippen LogP contribution in [-0.2, 0) is 16.6 Å². The van der Waals surface area contributed by atoms with Gasteiger partial charge in [0, 0.05) is 18.0 Å². The van der Waals surface area contributed by atoms with Crippen LogP contribution in [0.5, 0.6) is 0 Å². The Kier molecular flexibility index (Phi) is 8.13. The van der Waals surface area contributed by atoms with E-state index in [1.165, 1.54) is 23.5 Å². The molecule has 3 N–H and O–H groups in total. The van der Waals surface area contributed by atoms with E-state index in [0.717, 1.165) is 29.7 Å². The van der Waals surface area contributed by atoms with E-state index in [1.807, 2.05) is 24.1 Å². The minimum Gasteiger partial charge on any atom is -0.326 e. The molecule has 1 rings (SSSR count). The molecule has 1 aromatic heterocycles. The zero-order chi connectivity index (χ0) is 15.0. The maximum absolute atomic E-state index is 12.3. The minimum absolute atomic E-state index is 0.267. The highest BCUT2D eigenvalue weighted by Gasteiger charge is 2.21. The van der Waals surface area contributed by atoms with E-state index in [9.17, 15) is 8.42 Å². The molecule has 0 aliphatic heterocycles. The largest absolute Gasteiger partial charge is 0.326 e. The predicted octanol–water partition coefficient (Wildman–Crippen LogP) is 2.72. The molecule has 20 heavy (non-hydrogen) atoms. The molecule has 116 valence electrons. The van der Waals surface area contributed by atoms with Gasteiger partial charge in [-0.1, -0.05) is 12.8 Å². The van der Waals surface area contributed by atoms with Gasteiger partial charge in [0.1, 0.15) is 4.90 Å². The van der Waals surface area contributed by atoms with E-state index in [4.69, 9.17) is 5.73 Å². The smallest absolute Gasteiger partial charge is 0.241 e. The first kappa shape index (κ1) is 18.0. The first-order chi connectivity index (χ1) is 9.53. The van der Waals surface area contributed by atoms with Gasteiger partial charge in [0.25, 0.3) is 0 Å². The molecule has 0 saturated carbocycles. The van der Waals surface area contributed by atoms with Gasteiger partial charge in [-0.15, -0.1) is 11.3 Å². The number of thioether (sulfide) groups is 1. The number of hydrogen-bond donors (Lipinski definition) is 2. The Morgan fingerprint density at radius 2 is 2.00 bits per heavy atom. The van der Waals surface area contributed by atoms with Crippen LogP contribution in [0.3, 0.4) is 0 Å². The van der Waals surface area contributed by atoms with Crippen molar-refractivity contribution in [2.45, 2.75) is 44.0 Å². The summed E-state index contributed by atoms with van der Waals surface area (Å²) < 4.78 is 27.2. The molecule has 0 radical (unpaired) electrons. The van der Waals surface area contributed by atoms with Gasteiger partial charge in [-0.05, 0) is 42.7 Å². The van der Waals surface area contributed by atoms with Crippen molar-refractivity contribution >= 4 is 33.1 Å². The second kappa shape index (κ2) is 9.04. The monoisotopic (exact) mass is 336 g/mol. The van der Waals surface area contributed by atoms with Crippen LogP contribution in [-0.4, -0.2) is 27.0 Å². The number of nitrogens with one attached hydrogen (secondary N) is 1. The summed E-state index contributed by atoms with van der Waals surface area (Å²) in [7, 11) is -3.41. The van der Waals surface area contributed by atoms with E-state index in [0.29, 0.717) is 11.4 Å². The molecular weight excluding hydrogens is 312 g/mol. The Morgan fingerprint density at radius 1 is 1.30 bits per heavy atom. The lowest BCUT2D eigenvalue weighted by molar-refractivity contribution is 0.572. The second-order valence-corrected chi connectivity index (χ2v) is 8.33. The number of unbranched alkanes of at least 4 members (excludes halogenated alkanes) is 3. The van der Waals surface area contributed by atoms with Crippen LogP contribution >= 0.6 is 23.1 Å². The fourth-order valence-corrected chi connectivity index (χ4v) is 5.26. The number of nitrogens with two attached hydrogens (primary N) is 1. The van der Waals surface area contributed by atoms with Crippen molar-refractivity contribution in [1.82, 2.24) is 4.72 Å². The van der Waals surface area contributed by atoms with Crippen molar-refractivity contribution in [3.05, 3.63) is 15.8 Å². The summed E-state index contributed by atoms with van der Waals surface area (Å²) in [6, 6.07) is 0. The van der Waals surface area contributed by atoms with Gasteiger partial charge < -0.3 is 5.73 Å². The summed E-state index contributed by atoms with van der Waals surface area (Å²) in [4.78, 5) is 1.11. The van der Waals surface area contributed by atoms with Crippen LogP contribution in [0, 0.1) is 6.92 Å². The Bertz CT molecular complexity index is 498. The molecule has 0 unspecified atom stereocenters. The summed E-state index contributed by atoms with van der Waals surface area (Å²) in [5, 5.41) is 1.85. The quantitative estimate of drug-likeness (QED) is 0.644. The van der Waals surface area contributed by atoms with Gasteiger partial charge in [-0.2, -0.15) is 11.8 Å². The van der Waals surface area contributed by atoms with Crippen molar-refractivity contribution in [2.75, 3.05) is 18.6 Å². The van der Waals surface area contributed by atoms with Gasteiger partial charge >= 0.3 is 0 Å². The summed E-state index contributed by atoms with van der Waals surface area (Å²) in [5.41, 5.74) is 6.38. The first-order valence-electron chi connectivity index (χ1n) is 6.78. The molecule has 0 amide bonds. The maximum Gasteiger partial charge on any atom is 0.241 e. The second-order valence-electron chi connectivity index (χ2n) is 4.68. The van der Waals surface area contributed by atoms with E-state index in [-0.39, 0.29) is 6.54 Å². The van der Waals surface area contributed by atoms with Crippen LogP contribution in [0.25, 0.3) is 0 Å². The fraction of sp³-hybridized carbons (Fsp3) is 0.692. The van der Waals surface area contributed by atoms with E-state index in [1.54, 1.807) is 0 Å². The van der Waals surface area contributed by atoms with Crippen LogP contribution < -0.4 is 10.5 Å². The number of aryl methyl sites for hydroxylation is 1. The molecule has 0 atom stereocenters. The van der Waals surface area contributed by atoms with E-state index in [2.05, 4.69) is 11.0 Å². The molecule has 1 heterocycles. The minimum atomic E-state index is -3.41. The number of hydrogen-bond acceptors (Lipinski definition) is 5. The lowest BCUT2D eigenvalue weighted by atomic mass is 10.2. The number of sulfonamides is 1. The highest BCUT2D eigenvalue weighted by Crippen LogP contribution is 2.26. The Morgan fingerprint density at radius 3 is 2.65 bits per heavy atom. The van der Waals surface area contributed by atoms with Gasteiger partial charge in [0.15, 0.2) is 0 Å². The first-order valence-corrected chi connectivity index (χ1v) is 10.5.